The molecule has 1 amide bonds. The average molecular weight is 199 g/mol. The van der Waals surface area contributed by atoms with E-state index >= 15 is 0 Å². The minimum absolute atomic E-state index is 0.224. The van der Waals surface area contributed by atoms with Gasteiger partial charge in [0, 0.05) is 19.0 Å². The van der Waals surface area contributed by atoms with Crippen molar-refractivity contribution in [3.63, 3.8) is 0 Å². The Morgan fingerprint density at radius 3 is 1.79 bits per heavy atom. The fraction of sp³-hybridized carbons (Fsp3) is 0.917. The molecule has 0 fully saturated rings. The van der Waals surface area contributed by atoms with Crippen molar-refractivity contribution in [3.05, 3.63) is 0 Å². The molecule has 84 valence electrons. The van der Waals surface area contributed by atoms with Gasteiger partial charge in [-0.3, -0.25) is 4.79 Å². The summed E-state index contributed by atoms with van der Waals surface area (Å²) in [4.78, 5) is 13.6. The Hall–Kier alpha value is -0.530. The van der Waals surface area contributed by atoms with E-state index in [4.69, 9.17) is 0 Å². The second-order valence-electron chi connectivity index (χ2n) is 6.29. The lowest BCUT2D eigenvalue weighted by Gasteiger charge is -2.28. The van der Waals surface area contributed by atoms with Gasteiger partial charge in [0.1, 0.15) is 0 Å². The molecule has 0 heterocycles. The fourth-order valence-electron chi connectivity index (χ4n) is 1.18. The largest absolute Gasteiger partial charge is 0.345 e. The van der Waals surface area contributed by atoms with Gasteiger partial charge >= 0.3 is 0 Å². The van der Waals surface area contributed by atoms with Crippen molar-refractivity contribution in [3.8, 4) is 0 Å². The molecular formula is C12H25NO. The van der Waals surface area contributed by atoms with Crippen molar-refractivity contribution in [2.75, 3.05) is 13.6 Å². The van der Waals surface area contributed by atoms with Crippen molar-refractivity contribution in [1.29, 1.82) is 0 Å². The number of amides is 1. The Morgan fingerprint density at radius 2 is 1.50 bits per heavy atom. The summed E-state index contributed by atoms with van der Waals surface area (Å²) < 4.78 is 0. The summed E-state index contributed by atoms with van der Waals surface area (Å²) in [5, 5.41) is 0. The van der Waals surface area contributed by atoms with Crippen molar-refractivity contribution < 1.29 is 4.79 Å². The van der Waals surface area contributed by atoms with E-state index in [1.165, 1.54) is 0 Å². The summed E-state index contributed by atoms with van der Waals surface area (Å²) in [6.07, 6.45) is 1.05. The van der Waals surface area contributed by atoms with Crippen LogP contribution >= 0.6 is 0 Å². The average Bonchev–Trinajstić information content (AvgIpc) is 1.95. The minimum Gasteiger partial charge on any atom is -0.345 e. The van der Waals surface area contributed by atoms with E-state index in [1.807, 2.05) is 32.7 Å². The molecule has 0 aromatic rings. The highest BCUT2D eigenvalue weighted by Crippen LogP contribution is 2.21. The van der Waals surface area contributed by atoms with Crippen LogP contribution in [0.5, 0.6) is 0 Å². The van der Waals surface area contributed by atoms with E-state index in [1.54, 1.807) is 0 Å². The summed E-state index contributed by atoms with van der Waals surface area (Å²) in [6, 6.07) is 0. The van der Waals surface area contributed by atoms with Gasteiger partial charge in [-0.2, -0.15) is 0 Å². The minimum atomic E-state index is -0.257. The third kappa shape index (κ3) is 5.25. The molecular weight excluding hydrogens is 174 g/mol. The first-order valence-corrected chi connectivity index (χ1v) is 5.29. The fourth-order valence-corrected chi connectivity index (χ4v) is 1.18. The molecule has 0 aliphatic carbocycles. The quantitative estimate of drug-likeness (QED) is 0.669. The lowest BCUT2D eigenvalue weighted by Crippen LogP contribution is -2.38. The monoisotopic (exact) mass is 199 g/mol. The van der Waals surface area contributed by atoms with Gasteiger partial charge in [-0.15, -0.1) is 0 Å². The number of hydrogen-bond acceptors (Lipinski definition) is 1. The molecule has 0 atom stereocenters. The maximum atomic E-state index is 11.8. The highest BCUT2D eigenvalue weighted by atomic mass is 16.2. The molecule has 0 unspecified atom stereocenters. The van der Waals surface area contributed by atoms with Crippen LogP contribution < -0.4 is 0 Å². The Balaban J connectivity index is 4.11. The van der Waals surface area contributed by atoms with E-state index < -0.39 is 0 Å². The van der Waals surface area contributed by atoms with Crippen molar-refractivity contribution in [2.45, 2.75) is 48.0 Å². The molecule has 14 heavy (non-hydrogen) atoms. The predicted molar refractivity (Wildman–Crippen MR) is 61.2 cm³/mol. The van der Waals surface area contributed by atoms with E-state index in [0.717, 1.165) is 13.0 Å². The lowest BCUT2D eigenvalue weighted by atomic mass is 9.91. The van der Waals surface area contributed by atoms with Crippen LogP contribution in [0.25, 0.3) is 0 Å². The lowest BCUT2D eigenvalue weighted by molar-refractivity contribution is -0.138. The molecule has 0 aliphatic rings. The molecule has 2 nitrogen and oxygen atoms in total. The maximum absolute atomic E-state index is 11.8. The Morgan fingerprint density at radius 1 is 1.07 bits per heavy atom. The standard InChI is InChI=1S/C12H25NO/c1-11(2,3)8-9-13(7)10(14)12(4,5)6/h8-9H2,1-7H3. The number of rotatable bonds is 2. The SMILES string of the molecule is CN(CCC(C)(C)C)C(=O)C(C)(C)C. The van der Waals surface area contributed by atoms with E-state index in [0.29, 0.717) is 5.41 Å². The summed E-state index contributed by atoms with van der Waals surface area (Å²) in [5.74, 6) is 0.224. The first-order valence-electron chi connectivity index (χ1n) is 5.29. The molecule has 0 aromatic heterocycles. The van der Waals surface area contributed by atoms with Gasteiger partial charge in [0.2, 0.25) is 5.91 Å². The third-order valence-electron chi connectivity index (χ3n) is 2.19. The Bertz CT molecular complexity index is 195. The highest BCUT2D eigenvalue weighted by Gasteiger charge is 2.25. The first-order chi connectivity index (χ1) is 6.04. The van der Waals surface area contributed by atoms with Crippen molar-refractivity contribution in [1.82, 2.24) is 4.90 Å². The zero-order valence-electron chi connectivity index (χ0n) is 10.8. The number of nitrogens with zero attached hydrogens (tertiary/aromatic N) is 1. The van der Waals surface area contributed by atoms with E-state index in [2.05, 4.69) is 20.8 Å². The van der Waals surface area contributed by atoms with Crippen LogP contribution in [0.1, 0.15) is 48.0 Å². The van der Waals surface area contributed by atoms with Gasteiger partial charge in [0.15, 0.2) is 0 Å². The van der Waals surface area contributed by atoms with Crippen molar-refractivity contribution in [2.24, 2.45) is 10.8 Å². The molecule has 0 spiro atoms. The normalized spacial score (nSPS) is 12.8. The molecule has 0 rings (SSSR count). The van der Waals surface area contributed by atoms with Crippen LogP contribution in [0.15, 0.2) is 0 Å². The predicted octanol–water partition coefficient (Wildman–Crippen LogP) is 2.93. The van der Waals surface area contributed by atoms with Crippen LogP contribution in [0, 0.1) is 10.8 Å². The van der Waals surface area contributed by atoms with Gasteiger partial charge in [0.05, 0.1) is 0 Å². The molecule has 0 aliphatic heterocycles. The third-order valence-corrected chi connectivity index (χ3v) is 2.19. The maximum Gasteiger partial charge on any atom is 0.227 e. The van der Waals surface area contributed by atoms with Gasteiger partial charge in [-0.25, -0.2) is 0 Å². The van der Waals surface area contributed by atoms with Gasteiger partial charge in [-0.05, 0) is 11.8 Å². The highest BCUT2D eigenvalue weighted by molar-refractivity contribution is 5.81. The summed E-state index contributed by atoms with van der Waals surface area (Å²) in [7, 11) is 1.89. The molecule has 2 heteroatoms. The molecule has 0 radical (unpaired) electrons. The van der Waals surface area contributed by atoms with E-state index in [9.17, 15) is 4.79 Å². The van der Waals surface area contributed by atoms with Crippen LogP contribution in [0.4, 0.5) is 0 Å². The zero-order valence-corrected chi connectivity index (χ0v) is 10.8. The Kier molecular flexibility index (Phi) is 4.16. The van der Waals surface area contributed by atoms with Crippen LogP contribution in [-0.4, -0.2) is 24.4 Å². The summed E-state index contributed by atoms with van der Waals surface area (Å²) >= 11 is 0. The second-order valence-corrected chi connectivity index (χ2v) is 6.29. The number of hydrogen-bond donors (Lipinski definition) is 0. The molecule has 0 aromatic carbocycles. The topological polar surface area (TPSA) is 20.3 Å². The smallest absolute Gasteiger partial charge is 0.227 e. The van der Waals surface area contributed by atoms with Gasteiger partial charge in [-0.1, -0.05) is 41.5 Å². The second kappa shape index (κ2) is 4.33. The van der Waals surface area contributed by atoms with Crippen LogP contribution in [-0.2, 0) is 4.79 Å². The summed E-state index contributed by atoms with van der Waals surface area (Å²) in [6.45, 7) is 13.3. The first kappa shape index (κ1) is 13.5. The molecule has 0 bridgehead atoms. The van der Waals surface area contributed by atoms with E-state index in [-0.39, 0.29) is 11.3 Å². The number of carbonyl (C=O) groups is 1. The Labute approximate surface area is 88.7 Å². The van der Waals surface area contributed by atoms with Crippen LogP contribution in [0.3, 0.4) is 0 Å². The van der Waals surface area contributed by atoms with Crippen molar-refractivity contribution >= 4 is 5.91 Å². The van der Waals surface area contributed by atoms with Gasteiger partial charge < -0.3 is 4.90 Å². The number of carbonyl (C=O) groups excluding carboxylic acids is 1. The zero-order chi connectivity index (χ0) is 11.6. The summed E-state index contributed by atoms with van der Waals surface area (Å²) in [5.41, 5.74) is 0.0407. The molecule has 0 saturated heterocycles. The molecule has 0 saturated carbocycles. The van der Waals surface area contributed by atoms with Gasteiger partial charge in [0.25, 0.3) is 0 Å². The van der Waals surface area contributed by atoms with Crippen LogP contribution in [0.2, 0.25) is 0 Å². The molecule has 0 N–H and O–H groups in total.